The summed E-state index contributed by atoms with van der Waals surface area (Å²) in [6.45, 7) is 6.13. The second-order valence-corrected chi connectivity index (χ2v) is 4.43. The molecule has 1 unspecified atom stereocenters. The van der Waals surface area contributed by atoms with E-state index < -0.39 is 0 Å². The molecule has 1 atom stereocenters. The van der Waals surface area contributed by atoms with E-state index in [4.69, 9.17) is 5.73 Å². The van der Waals surface area contributed by atoms with E-state index in [9.17, 15) is 0 Å². The fraction of sp³-hybridized carbons (Fsp3) is 0.750. The lowest BCUT2D eigenvalue weighted by molar-refractivity contribution is 0.521. The normalized spacial score (nSPS) is 20.3. The van der Waals surface area contributed by atoms with E-state index in [1.165, 1.54) is 29.8 Å². The van der Waals surface area contributed by atoms with Crippen LogP contribution in [0.3, 0.4) is 0 Å². The van der Waals surface area contributed by atoms with Crippen LogP contribution in [0.1, 0.15) is 49.1 Å². The van der Waals surface area contributed by atoms with Crippen molar-refractivity contribution in [3.05, 3.63) is 17.0 Å². The van der Waals surface area contributed by atoms with Gasteiger partial charge in [-0.3, -0.25) is 4.68 Å². The number of hydrogen-bond acceptors (Lipinski definition) is 2. The highest BCUT2D eigenvalue weighted by Gasteiger charge is 2.25. The van der Waals surface area contributed by atoms with Gasteiger partial charge in [-0.15, -0.1) is 0 Å². The van der Waals surface area contributed by atoms with Gasteiger partial charge in [0.15, 0.2) is 0 Å². The minimum Gasteiger partial charge on any atom is -0.330 e. The summed E-state index contributed by atoms with van der Waals surface area (Å²) in [5.41, 5.74) is 9.89. The Balaban J connectivity index is 2.36. The van der Waals surface area contributed by atoms with Crippen molar-refractivity contribution in [2.75, 3.05) is 6.54 Å². The largest absolute Gasteiger partial charge is 0.330 e. The monoisotopic (exact) mass is 207 g/mol. The second kappa shape index (κ2) is 4.35. The quantitative estimate of drug-likeness (QED) is 0.823. The van der Waals surface area contributed by atoms with Crippen LogP contribution in [0, 0.1) is 6.92 Å². The Bertz CT molecular complexity index is 341. The van der Waals surface area contributed by atoms with Crippen LogP contribution in [0.5, 0.6) is 0 Å². The van der Waals surface area contributed by atoms with E-state index in [1.54, 1.807) is 0 Å². The van der Waals surface area contributed by atoms with E-state index in [-0.39, 0.29) is 0 Å². The van der Waals surface area contributed by atoms with Crippen LogP contribution < -0.4 is 5.73 Å². The van der Waals surface area contributed by atoms with Gasteiger partial charge >= 0.3 is 0 Å². The summed E-state index contributed by atoms with van der Waals surface area (Å²) in [6, 6.07) is 0. The van der Waals surface area contributed by atoms with Gasteiger partial charge < -0.3 is 5.73 Å². The van der Waals surface area contributed by atoms with Crippen LogP contribution in [-0.2, 0) is 13.0 Å². The average molecular weight is 207 g/mol. The lowest BCUT2D eigenvalue weighted by atomic mass is 9.83. The van der Waals surface area contributed by atoms with E-state index in [1.807, 2.05) is 0 Å². The molecule has 2 rings (SSSR count). The Morgan fingerprint density at radius 3 is 3.00 bits per heavy atom. The van der Waals surface area contributed by atoms with Crippen LogP contribution in [0.4, 0.5) is 0 Å². The third kappa shape index (κ3) is 1.81. The first-order chi connectivity index (χ1) is 7.27. The predicted molar refractivity (Wildman–Crippen MR) is 62.0 cm³/mol. The highest BCUT2D eigenvalue weighted by Crippen LogP contribution is 2.35. The maximum absolute atomic E-state index is 5.68. The molecular weight excluding hydrogens is 186 g/mol. The Hall–Kier alpha value is -0.830. The van der Waals surface area contributed by atoms with Gasteiger partial charge in [0, 0.05) is 12.2 Å². The van der Waals surface area contributed by atoms with Crippen LogP contribution in [0.2, 0.25) is 0 Å². The van der Waals surface area contributed by atoms with Gasteiger partial charge in [-0.2, -0.15) is 5.10 Å². The van der Waals surface area contributed by atoms with Gasteiger partial charge in [-0.25, -0.2) is 0 Å². The number of hydrogen-bond donors (Lipinski definition) is 1. The van der Waals surface area contributed by atoms with Gasteiger partial charge in [-0.1, -0.05) is 0 Å². The lowest BCUT2D eigenvalue weighted by Gasteiger charge is -2.21. The number of fused-ring (bicyclic) bond motifs is 1. The van der Waals surface area contributed by atoms with Crippen molar-refractivity contribution in [3.8, 4) is 0 Å². The SMILES string of the molecule is CCn1nc2c(c1C)C(CCN)CCC2. The predicted octanol–water partition coefficient (Wildman–Crippen LogP) is 1.98. The Morgan fingerprint density at radius 2 is 2.33 bits per heavy atom. The molecule has 0 saturated heterocycles. The van der Waals surface area contributed by atoms with Gasteiger partial charge in [0.05, 0.1) is 5.69 Å². The minimum atomic E-state index is 0.666. The standard InChI is InChI=1S/C12H21N3/c1-3-15-9(2)12-10(7-8-13)5-4-6-11(12)14-15/h10H,3-8,13H2,1-2H3. The molecule has 0 radical (unpaired) electrons. The second-order valence-electron chi connectivity index (χ2n) is 4.43. The van der Waals surface area contributed by atoms with Gasteiger partial charge in [0.1, 0.15) is 0 Å². The Morgan fingerprint density at radius 1 is 1.53 bits per heavy atom. The Labute approximate surface area is 91.7 Å². The summed E-state index contributed by atoms with van der Waals surface area (Å²) in [5, 5.41) is 4.68. The Kier molecular flexibility index (Phi) is 3.10. The van der Waals surface area contributed by atoms with Crippen molar-refractivity contribution in [2.24, 2.45) is 5.73 Å². The summed E-state index contributed by atoms with van der Waals surface area (Å²) in [4.78, 5) is 0. The summed E-state index contributed by atoms with van der Waals surface area (Å²) in [6.07, 6.45) is 4.84. The summed E-state index contributed by atoms with van der Waals surface area (Å²) in [7, 11) is 0. The number of nitrogens with two attached hydrogens (primary N) is 1. The van der Waals surface area contributed by atoms with Crippen molar-refractivity contribution in [1.29, 1.82) is 0 Å². The topological polar surface area (TPSA) is 43.8 Å². The van der Waals surface area contributed by atoms with Gasteiger partial charge in [0.2, 0.25) is 0 Å². The van der Waals surface area contributed by atoms with Crippen molar-refractivity contribution >= 4 is 0 Å². The number of aryl methyl sites for hydroxylation is 2. The number of rotatable bonds is 3. The molecule has 2 N–H and O–H groups in total. The van der Waals surface area contributed by atoms with E-state index in [0.29, 0.717) is 5.92 Å². The molecule has 0 fully saturated rings. The molecule has 0 aromatic carbocycles. The zero-order chi connectivity index (χ0) is 10.8. The summed E-state index contributed by atoms with van der Waals surface area (Å²) >= 11 is 0. The molecular formula is C12H21N3. The maximum atomic E-state index is 5.68. The number of aromatic nitrogens is 2. The van der Waals surface area contributed by atoms with E-state index >= 15 is 0 Å². The van der Waals surface area contributed by atoms with E-state index in [2.05, 4.69) is 23.6 Å². The molecule has 0 spiro atoms. The number of nitrogens with zero attached hydrogens (tertiary/aromatic N) is 2. The van der Waals surface area contributed by atoms with Gasteiger partial charge in [0.25, 0.3) is 0 Å². The molecule has 1 aromatic rings. The molecule has 84 valence electrons. The zero-order valence-corrected chi connectivity index (χ0v) is 9.79. The van der Waals surface area contributed by atoms with Gasteiger partial charge in [-0.05, 0) is 57.6 Å². The first kappa shape index (κ1) is 10.7. The first-order valence-corrected chi connectivity index (χ1v) is 6.04. The van der Waals surface area contributed by atoms with Crippen LogP contribution in [0.25, 0.3) is 0 Å². The van der Waals surface area contributed by atoms with Crippen LogP contribution >= 0.6 is 0 Å². The van der Waals surface area contributed by atoms with Crippen molar-refractivity contribution in [3.63, 3.8) is 0 Å². The summed E-state index contributed by atoms with van der Waals surface area (Å²) in [5.74, 6) is 0.666. The molecule has 3 heteroatoms. The van der Waals surface area contributed by atoms with Crippen molar-refractivity contribution < 1.29 is 0 Å². The molecule has 1 aliphatic carbocycles. The van der Waals surface area contributed by atoms with E-state index in [0.717, 1.165) is 25.9 Å². The highest BCUT2D eigenvalue weighted by atomic mass is 15.3. The minimum absolute atomic E-state index is 0.666. The first-order valence-electron chi connectivity index (χ1n) is 6.04. The third-order valence-corrected chi connectivity index (χ3v) is 3.52. The van der Waals surface area contributed by atoms with Crippen molar-refractivity contribution in [2.45, 2.75) is 52.0 Å². The fourth-order valence-electron chi connectivity index (χ4n) is 2.80. The average Bonchev–Trinajstić information content (AvgIpc) is 2.57. The lowest BCUT2D eigenvalue weighted by Crippen LogP contribution is -2.13. The molecule has 0 amide bonds. The molecule has 0 bridgehead atoms. The molecule has 0 saturated carbocycles. The molecule has 1 heterocycles. The van der Waals surface area contributed by atoms with Crippen LogP contribution in [0.15, 0.2) is 0 Å². The maximum Gasteiger partial charge on any atom is 0.0662 e. The fourth-order valence-corrected chi connectivity index (χ4v) is 2.80. The zero-order valence-electron chi connectivity index (χ0n) is 9.79. The summed E-state index contributed by atoms with van der Waals surface area (Å²) < 4.78 is 2.14. The smallest absolute Gasteiger partial charge is 0.0662 e. The molecule has 1 aliphatic rings. The molecule has 0 aliphatic heterocycles. The third-order valence-electron chi connectivity index (χ3n) is 3.52. The van der Waals surface area contributed by atoms with Crippen molar-refractivity contribution in [1.82, 2.24) is 9.78 Å². The molecule has 1 aromatic heterocycles. The van der Waals surface area contributed by atoms with Crippen LogP contribution in [-0.4, -0.2) is 16.3 Å². The molecule has 3 nitrogen and oxygen atoms in total. The molecule has 15 heavy (non-hydrogen) atoms. The highest BCUT2D eigenvalue weighted by molar-refractivity contribution is 5.31.